The van der Waals surface area contributed by atoms with E-state index < -0.39 is 6.10 Å². The van der Waals surface area contributed by atoms with E-state index in [0.717, 1.165) is 24.8 Å². The van der Waals surface area contributed by atoms with Gasteiger partial charge in [-0.25, -0.2) is 4.39 Å². The second-order valence-corrected chi connectivity index (χ2v) is 8.60. The van der Waals surface area contributed by atoms with Gasteiger partial charge in [-0.2, -0.15) is 0 Å². The van der Waals surface area contributed by atoms with Gasteiger partial charge in [0.1, 0.15) is 5.82 Å². The average Bonchev–Trinajstić information content (AvgIpc) is 2.89. The van der Waals surface area contributed by atoms with Gasteiger partial charge in [-0.15, -0.1) is 0 Å². The van der Waals surface area contributed by atoms with Crippen molar-refractivity contribution in [3.05, 3.63) is 35.6 Å². The van der Waals surface area contributed by atoms with Crippen molar-refractivity contribution in [3.63, 3.8) is 0 Å². The third-order valence-electron chi connectivity index (χ3n) is 7.57. The number of carbonyl (C=O) groups excluding carboxylic acids is 1. The monoisotopic (exact) mass is 345 g/mol. The molecule has 5 fully saturated rings. The summed E-state index contributed by atoms with van der Waals surface area (Å²) in [5.41, 5.74) is 0.762. The van der Waals surface area contributed by atoms with E-state index in [1.165, 1.54) is 12.1 Å². The maximum Gasteiger partial charge on any atom is 0.223 e. The first-order valence-corrected chi connectivity index (χ1v) is 9.39. The molecule has 1 aromatic carbocycles. The van der Waals surface area contributed by atoms with Gasteiger partial charge in [0.25, 0.3) is 0 Å². The third kappa shape index (κ3) is 2.08. The molecular formula is C20H24FNO3. The second-order valence-electron chi connectivity index (χ2n) is 8.60. The molecule has 5 aliphatic rings. The van der Waals surface area contributed by atoms with Crippen LogP contribution >= 0.6 is 0 Å². The molecule has 5 heteroatoms. The van der Waals surface area contributed by atoms with Crippen LogP contribution in [-0.4, -0.2) is 46.3 Å². The van der Waals surface area contributed by atoms with Gasteiger partial charge in [0.15, 0.2) is 0 Å². The smallest absolute Gasteiger partial charge is 0.223 e. The van der Waals surface area contributed by atoms with Crippen LogP contribution in [0.15, 0.2) is 24.3 Å². The predicted molar refractivity (Wildman–Crippen MR) is 89.1 cm³/mol. The first-order chi connectivity index (χ1) is 12.0. The molecular weight excluding hydrogens is 321 g/mol. The van der Waals surface area contributed by atoms with E-state index in [1.54, 1.807) is 4.90 Å². The molecule has 134 valence electrons. The van der Waals surface area contributed by atoms with Crippen LogP contribution in [-0.2, 0) is 10.2 Å². The van der Waals surface area contributed by atoms with Crippen molar-refractivity contribution in [1.29, 1.82) is 0 Å². The maximum absolute atomic E-state index is 13.5. The highest BCUT2D eigenvalue weighted by atomic mass is 19.1. The summed E-state index contributed by atoms with van der Waals surface area (Å²) in [6.07, 6.45) is 2.66. The number of aliphatic hydroxyl groups excluding tert-OH is 2. The Labute approximate surface area is 146 Å². The summed E-state index contributed by atoms with van der Waals surface area (Å²) < 4.78 is 13.5. The van der Waals surface area contributed by atoms with E-state index in [9.17, 15) is 19.4 Å². The molecule has 4 aliphatic carbocycles. The number of amides is 1. The van der Waals surface area contributed by atoms with Crippen LogP contribution in [0, 0.1) is 29.5 Å². The Kier molecular flexibility index (Phi) is 3.32. The number of aliphatic hydroxyl groups is 2. The van der Waals surface area contributed by atoms with Crippen molar-refractivity contribution < 1.29 is 19.4 Å². The molecule has 1 aliphatic heterocycles. The predicted octanol–water partition coefficient (Wildman–Crippen LogP) is 1.69. The number of hydrogen-bond acceptors (Lipinski definition) is 3. The molecule has 0 radical (unpaired) electrons. The van der Waals surface area contributed by atoms with Crippen LogP contribution in [0.1, 0.15) is 31.2 Å². The zero-order chi connectivity index (χ0) is 17.3. The molecule has 2 N–H and O–H groups in total. The number of β-amino-alcohol motifs (C(OH)–C–C–N with tert-alkyl or cyclic N) is 1. The summed E-state index contributed by atoms with van der Waals surface area (Å²) in [7, 11) is 0. The number of benzene rings is 1. The Morgan fingerprint density at radius 2 is 1.88 bits per heavy atom. The van der Waals surface area contributed by atoms with Gasteiger partial charge >= 0.3 is 0 Å². The minimum atomic E-state index is -0.400. The minimum Gasteiger partial charge on any atom is -0.393 e. The van der Waals surface area contributed by atoms with Crippen LogP contribution < -0.4 is 0 Å². The zero-order valence-corrected chi connectivity index (χ0v) is 14.1. The fraction of sp³-hybridized carbons (Fsp3) is 0.650. The Balaban J connectivity index is 1.53. The lowest BCUT2D eigenvalue weighted by atomic mass is 9.59. The molecule has 0 aromatic heterocycles. The summed E-state index contributed by atoms with van der Waals surface area (Å²) in [6, 6.07) is 6.66. The zero-order valence-electron chi connectivity index (χ0n) is 14.1. The van der Waals surface area contributed by atoms with Crippen LogP contribution in [0.5, 0.6) is 0 Å². The van der Waals surface area contributed by atoms with Gasteiger partial charge < -0.3 is 15.1 Å². The largest absolute Gasteiger partial charge is 0.393 e. The number of halogens is 1. The molecule has 1 aromatic rings. The topological polar surface area (TPSA) is 60.8 Å². The summed E-state index contributed by atoms with van der Waals surface area (Å²) in [4.78, 5) is 14.6. The molecule has 25 heavy (non-hydrogen) atoms. The van der Waals surface area contributed by atoms with Crippen molar-refractivity contribution in [2.45, 2.75) is 43.3 Å². The Hall–Kier alpha value is -1.46. The summed E-state index contributed by atoms with van der Waals surface area (Å²) in [5, 5.41) is 20.1. The van der Waals surface area contributed by atoms with Gasteiger partial charge in [-0.05, 0) is 60.6 Å². The van der Waals surface area contributed by atoms with Crippen LogP contribution in [0.25, 0.3) is 0 Å². The molecule has 1 amide bonds. The Morgan fingerprint density at radius 1 is 1.16 bits per heavy atom. The standard InChI is InChI=1S/C20H24FNO3/c21-14-3-1-12(2-4-14)20(8-18(24)22-9-15(23)10-22)13-5-11-6-17(20)16(7-13)19(11)25/h1-4,11,13,15-17,19,23,25H,5-10H2. The molecule has 6 unspecified atom stereocenters. The van der Waals surface area contributed by atoms with E-state index in [4.69, 9.17) is 0 Å². The lowest BCUT2D eigenvalue weighted by molar-refractivity contribution is -0.144. The van der Waals surface area contributed by atoms with E-state index >= 15 is 0 Å². The van der Waals surface area contributed by atoms with Crippen molar-refractivity contribution in [3.8, 4) is 0 Å². The summed E-state index contributed by atoms with van der Waals surface area (Å²) in [6.45, 7) is 0.838. The van der Waals surface area contributed by atoms with Gasteiger partial charge in [0.05, 0.1) is 12.2 Å². The average molecular weight is 345 g/mol. The maximum atomic E-state index is 13.5. The minimum absolute atomic E-state index is 0.0834. The van der Waals surface area contributed by atoms with Crippen LogP contribution in [0.2, 0.25) is 0 Å². The van der Waals surface area contributed by atoms with Crippen molar-refractivity contribution >= 4 is 5.91 Å². The lowest BCUT2D eigenvalue weighted by Crippen LogP contribution is -2.56. The number of carbonyl (C=O) groups is 1. The van der Waals surface area contributed by atoms with Gasteiger partial charge in [0, 0.05) is 24.9 Å². The Bertz CT molecular complexity index is 697. The number of hydrogen-bond donors (Lipinski definition) is 2. The lowest BCUT2D eigenvalue weighted by Gasteiger charge is -2.47. The van der Waals surface area contributed by atoms with E-state index in [-0.39, 0.29) is 29.2 Å². The third-order valence-corrected chi connectivity index (χ3v) is 7.57. The molecule has 4 nitrogen and oxygen atoms in total. The fourth-order valence-corrected chi connectivity index (χ4v) is 6.48. The van der Waals surface area contributed by atoms with Crippen molar-refractivity contribution in [2.75, 3.05) is 13.1 Å². The Morgan fingerprint density at radius 3 is 2.56 bits per heavy atom. The molecule has 0 spiro atoms. The van der Waals surface area contributed by atoms with Gasteiger partial charge in [-0.1, -0.05) is 12.1 Å². The van der Waals surface area contributed by atoms with Crippen molar-refractivity contribution in [2.24, 2.45) is 23.7 Å². The summed E-state index contributed by atoms with van der Waals surface area (Å²) >= 11 is 0. The molecule has 1 heterocycles. The van der Waals surface area contributed by atoms with Gasteiger partial charge in [0.2, 0.25) is 5.91 Å². The summed E-state index contributed by atoms with van der Waals surface area (Å²) in [5.74, 6) is 1.13. The van der Waals surface area contributed by atoms with E-state index in [0.29, 0.717) is 37.3 Å². The van der Waals surface area contributed by atoms with Crippen LogP contribution in [0.3, 0.4) is 0 Å². The first-order valence-electron chi connectivity index (χ1n) is 9.39. The SMILES string of the molecule is O=C(CC1(c2ccc(F)cc2)C2CC3CC1C(C2)C3O)N1CC(O)C1. The number of nitrogens with zero attached hydrogens (tertiary/aromatic N) is 1. The van der Waals surface area contributed by atoms with E-state index in [2.05, 4.69) is 0 Å². The van der Waals surface area contributed by atoms with Crippen molar-refractivity contribution in [1.82, 2.24) is 4.90 Å². The second kappa shape index (κ2) is 5.27. The van der Waals surface area contributed by atoms with Crippen LogP contribution in [0.4, 0.5) is 4.39 Å². The molecule has 4 bridgehead atoms. The first kappa shape index (κ1) is 15.8. The molecule has 6 rings (SSSR count). The molecule has 6 atom stereocenters. The highest BCUT2D eigenvalue weighted by Gasteiger charge is 2.66. The number of rotatable bonds is 3. The highest BCUT2D eigenvalue weighted by molar-refractivity contribution is 5.79. The number of likely N-dealkylation sites (tertiary alicyclic amines) is 1. The molecule has 4 saturated carbocycles. The normalized spacial score (nSPS) is 42.0. The highest BCUT2D eigenvalue weighted by Crippen LogP contribution is 2.68. The molecule has 1 saturated heterocycles. The fourth-order valence-electron chi connectivity index (χ4n) is 6.48. The van der Waals surface area contributed by atoms with Gasteiger partial charge in [-0.3, -0.25) is 4.79 Å². The van der Waals surface area contributed by atoms with E-state index in [1.807, 2.05) is 12.1 Å². The quantitative estimate of drug-likeness (QED) is 0.876.